The largest absolute Gasteiger partial charge is 0.323 e. The lowest BCUT2D eigenvalue weighted by Crippen LogP contribution is -2.12. The molecule has 1 unspecified atom stereocenters. The maximum atomic E-state index is 6.23. The molecule has 0 aliphatic rings. The first kappa shape index (κ1) is 12.8. The molecule has 0 aliphatic heterocycles. The summed E-state index contributed by atoms with van der Waals surface area (Å²) in [6.07, 6.45) is 0.762. The first-order valence-corrected chi connectivity index (χ1v) is 7.74. The van der Waals surface area contributed by atoms with Gasteiger partial charge < -0.3 is 5.73 Å². The highest BCUT2D eigenvalue weighted by Crippen LogP contribution is 2.26. The van der Waals surface area contributed by atoms with Gasteiger partial charge in [-0.1, -0.05) is 24.3 Å². The van der Waals surface area contributed by atoms with E-state index in [1.165, 1.54) is 10.3 Å². The van der Waals surface area contributed by atoms with Gasteiger partial charge in [0.05, 0.1) is 5.52 Å². The van der Waals surface area contributed by atoms with Crippen LogP contribution in [0.1, 0.15) is 16.6 Å². The highest BCUT2D eigenvalue weighted by Gasteiger charge is 2.10. The molecule has 2 nitrogen and oxygen atoms in total. The lowest BCUT2D eigenvalue weighted by Gasteiger charge is -2.09. The lowest BCUT2D eigenvalue weighted by atomic mass is 10.1. The van der Waals surface area contributed by atoms with Crippen molar-refractivity contribution in [2.45, 2.75) is 12.5 Å². The molecule has 1 aromatic carbocycles. The number of fused-ring (bicyclic) bond motifs is 1. The van der Waals surface area contributed by atoms with E-state index in [0.29, 0.717) is 0 Å². The fourth-order valence-corrected chi connectivity index (χ4v) is 3.52. The molecule has 0 saturated heterocycles. The Morgan fingerprint density at radius 2 is 2.05 bits per heavy atom. The first-order valence-electron chi connectivity index (χ1n) is 6.06. The smallest absolute Gasteiger partial charge is 0.0705 e. The van der Waals surface area contributed by atoms with Crippen LogP contribution in [0.5, 0.6) is 0 Å². The Kier molecular flexibility index (Phi) is 3.64. The number of hydrogen-bond donors (Lipinski definition) is 1. The second-order valence-corrected chi connectivity index (χ2v) is 6.33. The van der Waals surface area contributed by atoms with Crippen LogP contribution in [0, 0.1) is 0 Å². The fraction of sp³-hybridized carbons (Fsp3) is 0.133. The molecular weight excluding hydrogens is 320 g/mol. The predicted molar refractivity (Wildman–Crippen MR) is 84.4 cm³/mol. The zero-order chi connectivity index (χ0) is 13.2. The Balaban J connectivity index is 1.84. The van der Waals surface area contributed by atoms with E-state index in [1.54, 1.807) is 11.3 Å². The Morgan fingerprint density at radius 1 is 1.21 bits per heavy atom. The van der Waals surface area contributed by atoms with E-state index < -0.39 is 0 Å². The quantitative estimate of drug-likeness (QED) is 0.776. The van der Waals surface area contributed by atoms with E-state index in [9.17, 15) is 0 Å². The molecule has 3 aromatic rings. The summed E-state index contributed by atoms with van der Waals surface area (Å²) in [6, 6.07) is 14.4. The minimum Gasteiger partial charge on any atom is -0.323 e. The maximum Gasteiger partial charge on any atom is 0.0705 e. The highest BCUT2D eigenvalue weighted by molar-refractivity contribution is 9.10. The summed E-state index contributed by atoms with van der Waals surface area (Å²) in [4.78, 5) is 5.84. The Hall–Kier alpha value is -1.23. The second-order valence-electron chi connectivity index (χ2n) is 4.47. The predicted octanol–water partition coefficient (Wildman–Crippen LogP) is 4.30. The van der Waals surface area contributed by atoms with Crippen molar-refractivity contribution < 1.29 is 0 Å². The number of nitrogens with two attached hydrogens (primary N) is 1. The van der Waals surface area contributed by atoms with Gasteiger partial charge in [-0.15, -0.1) is 11.3 Å². The number of benzene rings is 1. The van der Waals surface area contributed by atoms with Gasteiger partial charge in [0.1, 0.15) is 0 Å². The fourth-order valence-electron chi connectivity index (χ4n) is 2.07. The van der Waals surface area contributed by atoms with Gasteiger partial charge in [0.2, 0.25) is 0 Å². The molecule has 4 heteroatoms. The second kappa shape index (κ2) is 5.41. The molecule has 2 aromatic heterocycles. The first-order chi connectivity index (χ1) is 9.22. The molecule has 2 N–H and O–H groups in total. The average Bonchev–Trinajstić information content (AvgIpc) is 2.85. The summed E-state index contributed by atoms with van der Waals surface area (Å²) in [5.74, 6) is 0. The van der Waals surface area contributed by atoms with Gasteiger partial charge in [0, 0.05) is 38.3 Å². The van der Waals surface area contributed by atoms with Crippen molar-refractivity contribution in [3.05, 3.63) is 62.9 Å². The van der Waals surface area contributed by atoms with Crippen LogP contribution < -0.4 is 5.73 Å². The van der Waals surface area contributed by atoms with Gasteiger partial charge in [0.15, 0.2) is 0 Å². The Bertz CT molecular complexity index is 708. The average molecular weight is 333 g/mol. The summed E-state index contributed by atoms with van der Waals surface area (Å²) in [5, 5.41) is 3.22. The normalized spacial score (nSPS) is 12.7. The number of pyridine rings is 1. The van der Waals surface area contributed by atoms with Gasteiger partial charge in [-0.2, -0.15) is 0 Å². The van der Waals surface area contributed by atoms with Crippen LogP contribution in [0.25, 0.3) is 10.9 Å². The minimum atomic E-state index is 0.00459. The zero-order valence-electron chi connectivity index (χ0n) is 10.2. The van der Waals surface area contributed by atoms with Crippen LogP contribution in [0.2, 0.25) is 0 Å². The Morgan fingerprint density at radius 3 is 2.84 bits per heavy atom. The number of hydrogen-bond acceptors (Lipinski definition) is 3. The van der Waals surface area contributed by atoms with Crippen LogP contribution in [-0.4, -0.2) is 4.98 Å². The van der Waals surface area contributed by atoms with Crippen molar-refractivity contribution >= 4 is 38.2 Å². The molecule has 3 rings (SSSR count). The zero-order valence-corrected chi connectivity index (χ0v) is 12.6. The summed E-state index contributed by atoms with van der Waals surface area (Å²) in [7, 11) is 0. The van der Waals surface area contributed by atoms with Gasteiger partial charge >= 0.3 is 0 Å². The molecule has 0 spiro atoms. The molecule has 96 valence electrons. The summed E-state index contributed by atoms with van der Waals surface area (Å²) < 4.78 is 1.09. The molecule has 0 radical (unpaired) electrons. The van der Waals surface area contributed by atoms with Crippen LogP contribution in [0.3, 0.4) is 0 Å². The van der Waals surface area contributed by atoms with Crippen LogP contribution in [0.15, 0.2) is 52.3 Å². The summed E-state index contributed by atoms with van der Waals surface area (Å²) >= 11 is 5.14. The maximum absolute atomic E-state index is 6.23. The van der Waals surface area contributed by atoms with Crippen LogP contribution >= 0.6 is 27.3 Å². The molecule has 0 bridgehead atoms. The molecule has 0 aliphatic carbocycles. The standard InChI is InChI=1S/C15H13BrN2S/c16-11-7-15(19-9-11)13(17)8-12-6-5-10-3-1-2-4-14(10)18-12/h1-7,9,13H,8,17H2. The molecule has 19 heavy (non-hydrogen) atoms. The van der Waals surface area contributed by atoms with E-state index in [0.717, 1.165) is 22.1 Å². The number of thiophene rings is 1. The molecular formula is C15H13BrN2S. The van der Waals surface area contributed by atoms with Crippen molar-refractivity contribution in [2.24, 2.45) is 5.73 Å². The molecule has 2 heterocycles. The lowest BCUT2D eigenvalue weighted by molar-refractivity contribution is 0.722. The Labute approximate surface area is 124 Å². The number of rotatable bonds is 3. The van der Waals surface area contributed by atoms with E-state index >= 15 is 0 Å². The van der Waals surface area contributed by atoms with E-state index in [-0.39, 0.29) is 6.04 Å². The molecule has 0 amide bonds. The third-order valence-electron chi connectivity index (χ3n) is 3.04. The highest BCUT2D eigenvalue weighted by atomic mass is 79.9. The van der Waals surface area contributed by atoms with Crippen molar-refractivity contribution in [1.82, 2.24) is 4.98 Å². The third kappa shape index (κ3) is 2.86. The van der Waals surface area contributed by atoms with Crippen molar-refractivity contribution in [1.29, 1.82) is 0 Å². The number of nitrogens with zero attached hydrogens (tertiary/aromatic N) is 1. The van der Waals surface area contributed by atoms with Crippen molar-refractivity contribution in [3.63, 3.8) is 0 Å². The van der Waals surface area contributed by atoms with E-state index in [1.807, 2.05) is 18.2 Å². The van der Waals surface area contributed by atoms with Gasteiger partial charge in [-0.05, 0) is 34.1 Å². The monoisotopic (exact) mass is 332 g/mol. The molecule has 0 fully saturated rings. The van der Waals surface area contributed by atoms with Gasteiger partial charge in [-0.25, -0.2) is 0 Å². The van der Waals surface area contributed by atoms with Gasteiger partial charge in [-0.3, -0.25) is 4.98 Å². The van der Waals surface area contributed by atoms with Crippen molar-refractivity contribution in [3.8, 4) is 0 Å². The van der Waals surface area contributed by atoms with Crippen molar-refractivity contribution in [2.75, 3.05) is 0 Å². The number of para-hydroxylation sites is 1. The van der Waals surface area contributed by atoms with E-state index in [4.69, 9.17) is 5.73 Å². The van der Waals surface area contributed by atoms with Crippen LogP contribution in [-0.2, 0) is 6.42 Å². The summed E-state index contributed by atoms with van der Waals surface area (Å²) in [6.45, 7) is 0. The number of halogens is 1. The molecule has 0 saturated carbocycles. The number of aromatic nitrogens is 1. The summed E-state index contributed by atoms with van der Waals surface area (Å²) in [5.41, 5.74) is 8.30. The van der Waals surface area contributed by atoms with E-state index in [2.05, 4.69) is 50.6 Å². The molecule has 1 atom stereocenters. The third-order valence-corrected chi connectivity index (χ3v) is 4.86. The minimum absolute atomic E-state index is 0.00459. The van der Waals surface area contributed by atoms with Gasteiger partial charge in [0.25, 0.3) is 0 Å². The van der Waals surface area contributed by atoms with Crippen LogP contribution in [0.4, 0.5) is 0 Å². The topological polar surface area (TPSA) is 38.9 Å². The SMILES string of the molecule is NC(Cc1ccc2ccccc2n1)c1cc(Br)cs1.